The molecule has 0 aliphatic heterocycles. The van der Waals surface area contributed by atoms with Crippen LogP contribution in [-0.2, 0) is 0 Å². The van der Waals surface area contributed by atoms with Crippen LogP contribution in [0.15, 0.2) is 18.2 Å². The van der Waals surface area contributed by atoms with Crippen molar-refractivity contribution in [3.8, 4) is 5.75 Å². The average Bonchev–Trinajstić information content (AvgIpc) is 2.90. The number of ether oxygens (including phenoxy) is 1. The van der Waals surface area contributed by atoms with Gasteiger partial charge in [0.25, 0.3) is 0 Å². The number of benzene rings is 1. The molecule has 2 unspecified atom stereocenters. The number of hydrogen-bond acceptors (Lipinski definition) is 2. The first kappa shape index (κ1) is 12.4. The van der Waals surface area contributed by atoms with Gasteiger partial charge in [-0.2, -0.15) is 0 Å². The molecular weight excluding hydrogens is 210 g/mol. The summed E-state index contributed by atoms with van der Waals surface area (Å²) in [5.74, 6) is 1.54. The van der Waals surface area contributed by atoms with E-state index in [0.717, 1.165) is 5.75 Å². The molecule has 1 fully saturated rings. The van der Waals surface area contributed by atoms with Gasteiger partial charge in [0.15, 0.2) is 0 Å². The lowest BCUT2D eigenvalue weighted by Gasteiger charge is -2.18. The lowest BCUT2D eigenvalue weighted by atomic mass is 9.96. The van der Waals surface area contributed by atoms with Crippen molar-refractivity contribution in [2.24, 2.45) is 17.1 Å². The SMILES string of the molecule is CCOc1ccc(C)cc1C(N)C1CC1(C)C. The van der Waals surface area contributed by atoms with Gasteiger partial charge >= 0.3 is 0 Å². The maximum atomic E-state index is 6.40. The second-order valence-corrected chi connectivity index (χ2v) is 5.80. The summed E-state index contributed by atoms with van der Waals surface area (Å²) in [6, 6.07) is 6.40. The fourth-order valence-corrected chi connectivity index (χ4v) is 2.55. The van der Waals surface area contributed by atoms with E-state index in [1.807, 2.05) is 13.0 Å². The predicted molar refractivity (Wildman–Crippen MR) is 71.2 cm³/mol. The largest absolute Gasteiger partial charge is 0.494 e. The molecule has 0 amide bonds. The Bertz CT molecular complexity index is 411. The van der Waals surface area contributed by atoms with E-state index in [4.69, 9.17) is 10.5 Å². The number of aryl methyl sites for hydroxylation is 1. The summed E-state index contributed by atoms with van der Waals surface area (Å²) in [4.78, 5) is 0. The molecule has 2 atom stereocenters. The number of nitrogens with two attached hydrogens (primary N) is 1. The average molecular weight is 233 g/mol. The Balaban J connectivity index is 2.26. The van der Waals surface area contributed by atoms with Gasteiger partial charge < -0.3 is 10.5 Å². The third kappa shape index (κ3) is 2.47. The molecule has 1 saturated carbocycles. The first-order valence-electron chi connectivity index (χ1n) is 6.44. The Kier molecular flexibility index (Phi) is 3.17. The molecule has 1 aromatic rings. The lowest BCUT2D eigenvalue weighted by Crippen LogP contribution is -2.17. The Morgan fingerprint density at radius 1 is 1.47 bits per heavy atom. The molecule has 2 nitrogen and oxygen atoms in total. The van der Waals surface area contributed by atoms with Gasteiger partial charge in [-0.15, -0.1) is 0 Å². The molecule has 0 saturated heterocycles. The molecule has 17 heavy (non-hydrogen) atoms. The zero-order valence-electron chi connectivity index (χ0n) is 11.3. The van der Waals surface area contributed by atoms with Crippen LogP contribution in [0.5, 0.6) is 5.75 Å². The van der Waals surface area contributed by atoms with Crippen molar-refractivity contribution in [2.45, 2.75) is 40.2 Å². The van der Waals surface area contributed by atoms with Crippen LogP contribution in [0.3, 0.4) is 0 Å². The predicted octanol–water partition coefficient (Wildman–Crippen LogP) is 3.44. The fourth-order valence-electron chi connectivity index (χ4n) is 2.55. The maximum absolute atomic E-state index is 6.40. The number of rotatable bonds is 4. The van der Waals surface area contributed by atoms with Crippen LogP contribution in [0.1, 0.15) is 44.4 Å². The molecule has 0 heterocycles. The minimum absolute atomic E-state index is 0.103. The summed E-state index contributed by atoms with van der Waals surface area (Å²) in [5.41, 5.74) is 9.21. The minimum Gasteiger partial charge on any atom is -0.494 e. The standard InChI is InChI=1S/C15H23NO/c1-5-17-13-7-6-10(2)8-11(13)14(16)12-9-15(12,3)4/h6-8,12,14H,5,9,16H2,1-4H3. The zero-order valence-corrected chi connectivity index (χ0v) is 11.3. The van der Waals surface area contributed by atoms with E-state index in [0.29, 0.717) is 17.9 Å². The van der Waals surface area contributed by atoms with Crippen LogP contribution < -0.4 is 10.5 Å². The normalized spacial score (nSPS) is 23.2. The monoisotopic (exact) mass is 233 g/mol. The van der Waals surface area contributed by atoms with E-state index in [1.165, 1.54) is 17.5 Å². The summed E-state index contributed by atoms with van der Waals surface area (Å²) >= 11 is 0. The Morgan fingerprint density at radius 3 is 2.65 bits per heavy atom. The van der Waals surface area contributed by atoms with Gasteiger partial charge in [-0.3, -0.25) is 0 Å². The van der Waals surface area contributed by atoms with Crippen molar-refractivity contribution >= 4 is 0 Å². The third-order valence-electron chi connectivity index (χ3n) is 3.85. The summed E-state index contributed by atoms with van der Waals surface area (Å²) in [5, 5.41) is 0. The molecule has 0 radical (unpaired) electrons. The van der Waals surface area contributed by atoms with Gasteiger partial charge in [-0.1, -0.05) is 31.5 Å². The Morgan fingerprint density at radius 2 is 2.12 bits per heavy atom. The van der Waals surface area contributed by atoms with E-state index in [1.54, 1.807) is 0 Å². The van der Waals surface area contributed by atoms with Gasteiger partial charge in [0, 0.05) is 11.6 Å². The molecule has 1 aliphatic carbocycles. The third-order valence-corrected chi connectivity index (χ3v) is 3.85. The van der Waals surface area contributed by atoms with Gasteiger partial charge in [0.05, 0.1) is 6.61 Å². The van der Waals surface area contributed by atoms with Crippen LogP contribution in [0.2, 0.25) is 0 Å². The zero-order chi connectivity index (χ0) is 12.6. The van der Waals surface area contributed by atoms with E-state index in [9.17, 15) is 0 Å². The van der Waals surface area contributed by atoms with Crippen LogP contribution in [-0.4, -0.2) is 6.61 Å². The maximum Gasteiger partial charge on any atom is 0.124 e. The van der Waals surface area contributed by atoms with Gasteiger partial charge in [0.1, 0.15) is 5.75 Å². The molecule has 2 rings (SSSR count). The van der Waals surface area contributed by atoms with Crippen LogP contribution in [0.4, 0.5) is 0 Å². The molecule has 94 valence electrons. The highest BCUT2D eigenvalue weighted by Crippen LogP contribution is 2.57. The smallest absolute Gasteiger partial charge is 0.124 e. The van der Waals surface area contributed by atoms with Crippen molar-refractivity contribution in [1.29, 1.82) is 0 Å². The highest BCUT2D eigenvalue weighted by Gasteiger charge is 2.49. The van der Waals surface area contributed by atoms with Crippen LogP contribution in [0, 0.1) is 18.3 Å². The van der Waals surface area contributed by atoms with E-state index in [2.05, 4.69) is 32.9 Å². The summed E-state index contributed by atoms with van der Waals surface area (Å²) in [6.45, 7) is 9.37. The van der Waals surface area contributed by atoms with E-state index >= 15 is 0 Å². The summed E-state index contributed by atoms with van der Waals surface area (Å²) < 4.78 is 5.68. The van der Waals surface area contributed by atoms with Gasteiger partial charge in [0.2, 0.25) is 0 Å². The highest BCUT2D eigenvalue weighted by atomic mass is 16.5. The fraction of sp³-hybridized carbons (Fsp3) is 0.600. The molecule has 2 heteroatoms. The Hall–Kier alpha value is -1.02. The van der Waals surface area contributed by atoms with Crippen molar-refractivity contribution < 1.29 is 4.74 Å². The quantitative estimate of drug-likeness (QED) is 0.864. The van der Waals surface area contributed by atoms with Crippen molar-refractivity contribution in [3.05, 3.63) is 29.3 Å². The lowest BCUT2D eigenvalue weighted by molar-refractivity contribution is 0.331. The topological polar surface area (TPSA) is 35.2 Å². The highest BCUT2D eigenvalue weighted by molar-refractivity contribution is 5.40. The second kappa shape index (κ2) is 4.34. The molecule has 0 bridgehead atoms. The summed E-state index contributed by atoms with van der Waals surface area (Å²) in [7, 11) is 0. The van der Waals surface area contributed by atoms with E-state index in [-0.39, 0.29) is 6.04 Å². The summed E-state index contributed by atoms with van der Waals surface area (Å²) in [6.07, 6.45) is 1.22. The van der Waals surface area contributed by atoms with Crippen molar-refractivity contribution in [1.82, 2.24) is 0 Å². The second-order valence-electron chi connectivity index (χ2n) is 5.80. The van der Waals surface area contributed by atoms with Crippen LogP contribution >= 0.6 is 0 Å². The Labute approximate surface area is 104 Å². The van der Waals surface area contributed by atoms with E-state index < -0.39 is 0 Å². The molecule has 0 spiro atoms. The van der Waals surface area contributed by atoms with Crippen LogP contribution in [0.25, 0.3) is 0 Å². The van der Waals surface area contributed by atoms with Gasteiger partial charge in [-0.25, -0.2) is 0 Å². The minimum atomic E-state index is 0.103. The first-order chi connectivity index (χ1) is 7.95. The molecule has 0 aromatic heterocycles. The molecule has 1 aliphatic rings. The van der Waals surface area contributed by atoms with Crippen molar-refractivity contribution in [2.75, 3.05) is 6.61 Å². The molecular formula is C15H23NO. The molecule has 2 N–H and O–H groups in total. The first-order valence-corrected chi connectivity index (χ1v) is 6.44. The van der Waals surface area contributed by atoms with Crippen molar-refractivity contribution in [3.63, 3.8) is 0 Å². The number of hydrogen-bond donors (Lipinski definition) is 1. The van der Waals surface area contributed by atoms with Gasteiger partial charge in [-0.05, 0) is 37.7 Å². The molecule has 1 aromatic carbocycles.